The van der Waals surface area contributed by atoms with Crippen molar-refractivity contribution in [1.29, 1.82) is 0 Å². The first kappa shape index (κ1) is 17.8. The van der Waals surface area contributed by atoms with Crippen molar-refractivity contribution in [3.05, 3.63) is 94.9 Å². The van der Waals surface area contributed by atoms with E-state index in [4.69, 9.17) is 11.6 Å². The average Bonchev–Trinajstić information content (AvgIpc) is 3.24. The van der Waals surface area contributed by atoms with Crippen LogP contribution < -0.4 is 10.2 Å². The maximum absolute atomic E-state index is 6.51. The maximum Gasteiger partial charge on any atom is 0.157 e. The predicted molar refractivity (Wildman–Crippen MR) is 118 cm³/mol. The van der Waals surface area contributed by atoms with Crippen LogP contribution in [0, 0.1) is 0 Å². The number of para-hydroxylation sites is 1. The van der Waals surface area contributed by atoms with Crippen molar-refractivity contribution in [3.8, 4) is 0 Å². The van der Waals surface area contributed by atoms with Gasteiger partial charge in [-0.1, -0.05) is 41.9 Å². The summed E-state index contributed by atoms with van der Waals surface area (Å²) in [7, 11) is 0. The third kappa shape index (κ3) is 3.23. The zero-order valence-electron chi connectivity index (χ0n) is 16.0. The summed E-state index contributed by atoms with van der Waals surface area (Å²) in [6.07, 6.45) is 5.77. The molecule has 0 aliphatic carbocycles. The van der Waals surface area contributed by atoms with Gasteiger partial charge in [0.1, 0.15) is 5.82 Å². The molecule has 1 aliphatic rings. The predicted octanol–water partition coefficient (Wildman–Crippen LogP) is 5.24. The number of nitrogens with one attached hydrogen (secondary N) is 1. The molecule has 5 nitrogen and oxygen atoms in total. The molecule has 0 saturated carbocycles. The van der Waals surface area contributed by atoms with E-state index in [1.54, 1.807) is 12.4 Å². The summed E-state index contributed by atoms with van der Waals surface area (Å²) in [5.74, 6) is 0.901. The van der Waals surface area contributed by atoms with Crippen LogP contribution in [0.25, 0.3) is 11.7 Å². The number of anilines is 2. The van der Waals surface area contributed by atoms with Gasteiger partial charge in [-0.15, -0.1) is 0 Å². The van der Waals surface area contributed by atoms with Crippen molar-refractivity contribution in [2.24, 2.45) is 0 Å². The molecule has 2 aromatic carbocycles. The van der Waals surface area contributed by atoms with Gasteiger partial charge in [0.25, 0.3) is 0 Å². The molecule has 1 N–H and O–H groups in total. The Labute approximate surface area is 174 Å². The van der Waals surface area contributed by atoms with Crippen LogP contribution in [-0.2, 0) is 6.54 Å². The second-order valence-corrected chi connectivity index (χ2v) is 7.50. The smallest absolute Gasteiger partial charge is 0.157 e. The van der Waals surface area contributed by atoms with E-state index in [1.165, 1.54) is 5.70 Å². The Morgan fingerprint density at radius 3 is 2.72 bits per heavy atom. The lowest BCUT2D eigenvalue weighted by Gasteiger charge is -2.36. The van der Waals surface area contributed by atoms with Gasteiger partial charge in [0, 0.05) is 35.2 Å². The molecule has 5 rings (SSSR count). The minimum atomic E-state index is 0.0390. The van der Waals surface area contributed by atoms with Crippen molar-refractivity contribution < 1.29 is 0 Å². The van der Waals surface area contributed by atoms with E-state index in [1.807, 2.05) is 34.8 Å². The minimum absolute atomic E-state index is 0.0390. The van der Waals surface area contributed by atoms with E-state index in [2.05, 4.69) is 63.6 Å². The number of hydrogen-bond donors (Lipinski definition) is 1. The van der Waals surface area contributed by atoms with Gasteiger partial charge < -0.3 is 10.2 Å². The van der Waals surface area contributed by atoms with E-state index in [9.17, 15) is 0 Å². The summed E-state index contributed by atoms with van der Waals surface area (Å²) in [4.78, 5) is 6.66. The van der Waals surface area contributed by atoms with Crippen molar-refractivity contribution in [2.45, 2.75) is 19.5 Å². The molecule has 2 aromatic heterocycles. The van der Waals surface area contributed by atoms with Gasteiger partial charge >= 0.3 is 0 Å². The second kappa shape index (κ2) is 7.26. The van der Waals surface area contributed by atoms with E-state index < -0.39 is 0 Å². The molecule has 6 heteroatoms. The monoisotopic (exact) mass is 401 g/mol. The maximum atomic E-state index is 6.51. The average molecular weight is 402 g/mol. The molecule has 0 amide bonds. The fourth-order valence-corrected chi connectivity index (χ4v) is 4.05. The van der Waals surface area contributed by atoms with Crippen molar-refractivity contribution >= 4 is 34.8 Å². The molecule has 0 radical (unpaired) electrons. The third-order valence-electron chi connectivity index (χ3n) is 5.25. The summed E-state index contributed by atoms with van der Waals surface area (Å²) in [6, 6.07) is 20.4. The van der Waals surface area contributed by atoms with E-state index in [-0.39, 0.29) is 6.04 Å². The zero-order valence-corrected chi connectivity index (χ0v) is 16.7. The second-order valence-electron chi connectivity index (χ2n) is 7.10. The molecule has 0 saturated heterocycles. The summed E-state index contributed by atoms with van der Waals surface area (Å²) in [5, 5.41) is 8.78. The summed E-state index contributed by atoms with van der Waals surface area (Å²) in [6.45, 7) is 2.89. The van der Waals surface area contributed by atoms with Crippen LogP contribution in [0.1, 0.15) is 18.1 Å². The molecule has 0 fully saturated rings. The van der Waals surface area contributed by atoms with Crippen molar-refractivity contribution in [2.75, 3.05) is 10.2 Å². The Hall–Kier alpha value is -3.31. The molecule has 144 valence electrons. The normalized spacial score (nSPS) is 14.4. The first-order valence-corrected chi connectivity index (χ1v) is 9.95. The fraction of sp³-hybridized carbons (Fsp3) is 0.130. The highest BCUT2D eigenvalue weighted by atomic mass is 35.5. The van der Waals surface area contributed by atoms with Crippen LogP contribution in [0.3, 0.4) is 0 Å². The number of fused-ring (bicyclic) bond motifs is 2. The summed E-state index contributed by atoms with van der Waals surface area (Å²) < 4.78 is 1.82. The molecule has 1 atom stereocenters. The molecule has 0 bridgehead atoms. The largest absolute Gasteiger partial charge is 0.362 e. The Morgan fingerprint density at radius 1 is 1.00 bits per heavy atom. The molecular formula is C23H20ClN5. The topological polar surface area (TPSA) is 45.5 Å². The van der Waals surface area contributed by atoms with Crippen molar-refractivity contribution in [1.82, 2.24) is 14.6 Å². The highest BCUT2D eigenvalue weighted by Crippen LogP contribution is 2.35. The van der Waals surface area contributed by atoms with Crippen LogP contribution in [0.5, 0.6) is 0 Å². The summed E-state index contributed by atoms with van der Waals surface area (Å²) in [5.41, 5.74) is 5.43. The Balaban J connectivity index is 1.56. The SMILES string of the molecule is C[C@H](Nc1ccnc2ccnn12)C1=Cc2cccc(Cl)c2CN1c1ccccc1. The quantitative estimate of drug-likeness (QED) is 0.507. The molecule has 3 heterocycles. The van der Waals surface area contributed by atoms with Gasteiger partial charge in [0.05, 0.1) is 12.2 Å². The van der Waals surface area contributed by atoms with Gasteiger partial charge in [-0.2, -0.15) is 9.61 Å². The minimum Gasteiger partial charge on any atom is -0.362 e. The summed E-state index contributed by atoms with van der Waals surface area (Å²) >= 11 is 6.51. The molecule has 0 unspecified atom stereocenters. The van der Waals surface area contributed by atoms with Crippen LogP contribution in [-0.4, -0.2) is 20.6 Å². The van der Waals surface area contributed by atoms with E-state index in [0.717, 1.165) is 39.8 Å². The number of rotatable bonds is 4. The lowest BCUT2D eigenvalue weighted by Crippen LogP contribution is -2.35. The van der Waals surface area contributed by atoms with Crippen LogP contribution in [0.15, 0.2) is 78.8 Å². The Bertz CT molecular complexity index is 1200. The lowest BCUT2D eigenvalue weighted by atomic mass is 9.98. The number of hydrogen-bond acceptors (Lipinski definition) is 4. The number of benzene rings is 2. The van der Waals surface area contributed by atoms with Gasteiger partial charge in [0.2, 0.25) is 0 Å². The molecule has 29 heavy (non-hydrogen) atoms. The van der Waals surface area contributed by atoms with Crippen LogP contribution >= 0.6 is 11.6 Å². The number of nitrogens with zero attached hydrogens (tertiary/aromatic N) is 4. The van der Waals surface area contributed by atoms with Crippen molar-refractivity contribution in [3.63, 3.8) is 0 Å². The number of aromatic nitrogens is 3. The first-order chi connectivity index (χ1) is 14.2. The van der Waals surface area contributed by atoms with E-state index in [0.29, 0.717) is 0 Å². The van der Waals surface area contributed by atoms with E-state index >= 15 is 0 Å². The highest BCUT2D eigenvalue weighted by Gasteiger charge is 2.25. The van der Waals surface area contributed by atoms with Gasteiger partial charge in [-0.05, 0) is 48.4 Å². The van der Waals surface area contributed by atoms with Gasteiger partial charge in [0.15, 0.2) is 5.65 Å². The molecule has 4 aromatic rings. The van der Waals surface area contributed by atoms with Gasteiger partial charge in [-0.3, -0.25) is 0 Å². The van der Waals surface area contributed by atoms with Gasteiger partial charge in [-0.25, -0.2) is 4.98 Å². The molecular weight excluding hydrogens is 382 g/mol. The zero-order chi connectivity index (χ0) is 19.8. The molecule has 1 aliphatic heterocycles. The Kier molecular flexibility index (Phi) is 4.45. The molecule has 0 spiro atoms. The fourth-order valence-electron chi connectivity index (χ4n) is 3.81. The van der Waals surface area contributed by atoms with Crippen LogP contribution in [0.2, 0.25) is 5.02 Å². The van der Waals surface area contributed by atoms with Crippen LogP contribution in [0.4, 0.5) is 11.5 Å². The Morgan fingerprint density at radius 2 is 1.86 bits per heavy atom. The first-order valence-electron chi connectivity index (χ1n) is 9.57. The number of halogens is 1. The third-order valence-corrected chi connectivity index (χ3v) is 5.61. The highest BCUT2D eigenvalue weighted by molar-refractivity contribution is 6.31. The standard InChI is InChI=1S/C23H20ClN5/c1-16(27-23-10-12-25-22-11-13-26-29(22)23)21-14-17-6-5-9-20(24)19(17)15-28(21)18-7-3-2-4-8-18/h2-14,16,27H,15H2,1H3/t16-/m0/s1. The lowest BCUT2D eigenvalue weighted by molar-refractivity contribution is 0.787.